The maximum atomic E-state index is 6.21. The van der Waals surface area contributed by atoms with Crippen molar-refractivity contribution in [2.75, 3.05) is 0 Å². The number of nitrogens with zero attached hydrogens (tertiary/aromatic N) is 2. The summed E-state index contributed by atoms with van der Waals surface area (Å²) in [6, 6.07) is 5.79. The molecule has 0 aliphatic carbocycles. The van der Waals surface area contributed by atoms with Crippen LogP contribution in [0, 0.1) is 0 Å². The molecule has 0 unspecified atom stereocenters. The van der Waals surface area contributed by atoms with Crippen molar-refractivity contribution < 1.29 is 4.74 Å². The number of halogens is 3. The van der Waals surface area contributed by atoms with Crippen molar-refractivity contribution in [3.05, 3.63) is 44.6 Å². The third kappa shape index (κ3) is 3.38. The van der Waals surface area contributed by atoms with Crippen LogP contribution in [0.1, 0.15) is 23.9 Å². The monoisotopic (exact) mass is 420 g/mol. The van der Waals surface area contributed by atoms with Crippen LogP contribution in [-0.2, 0) is 25.4 Å². The minimum atomic E-state index is 0.428. The van der Waals surface area contributed by atoms with Crippen molar-refractivity contribution >= 4 is 43.5 Å². The van der Waals surface area contributed by atoms with E-state index in [9.17, 15) is 0 Å². The molecule has 108 valence electrons. The average Bonchev–Trinajstić information content (AvgIpc) is 2.72. The summed E-state index contributed by atoms with van der Waals surface area (Å²) in [6.07, 6.45) is 0.884. The van der Waals surface area contributed by atoms with Gasteiger partial charge in [0, 0.05) is 12.4 Å². The number of aryl methyl sites for hydroxylation is 2. The van der Waals surface area contributed by atoms with E-state index in [2.05, 4.69) is 43.9 Å². The number of aromatic nitrogens is 2. The molecule has 6 heteroatoms. The molecule has 1 aromatic carbocycles. The molecule has 20 heavy (non-hydrogen) atoms. The van der Waals surface area contributed by atoms with Gasteiger partial charge in [0.2, 0.25) is 0 Å². The number of hydrogen-bond donors (Lipinski definition) is 0. The van der Waals surface area contributed by atoms with Crippen LogP contribution in [0.25, 0.3) is 0 Å². The van der Waals surface area contributed by atoms with E-state index in [-0.39, 0.29) is 0 Å². The fourth-order valence-corrected chi connectivity index (χ4v) is 3.20. The van der Waals surface area contributed by atoms with Gasteiger partial charge in [0.25, 0.3) is 0 Å². The molecule has 0 fully saturated rings. The molecule has 0 amide bonds. The minimum absolute atomic E-state index is 0.428. The van der Waals surface area contributed by atoms with Gasteiger partial charge in [-0.1, -0.05) is 40.5 Å². The van der Waals surface area contributed by atoms with E-state index in [0.29, 0.717) is 17.4 Å². The van der Waals surface area contributed by atoms with Crippen molar-refractivity contribution in [1.82, 2.24) is 9.78 Å². The van der Waals surface area contributed by atoms with Crippen LogP contribution in [0.2, 0.25) is 5.02 Å². The van der Waals surface area contributed by atoms with E-state index in [1.54, 1.807) is 0 Å². The molecule has 0 spiro atoms. The van der Waals surface area contributed by atoms with Gasteiger partial charge in [-0.3, -0.25) is 4.68 Å². The van der Waals surface area contributed by atoms with Crippen molar-refractivity contribution in [3.8, 4) is 5.75 Å². The molecule has 0 radical (unpaired) electrons. The van der Waals surface area contributed by atoms with E-state index >= 15 is 0 Å². The number of rotatable bonds is 5. The van der Waals surface area contributed by atoms with Crippen LogP contribution >= 0.6 is 43.5 Å². The van der Waals surface area contributed by atoms with Gasteiger partial charge in [-0.15, -0.1) is 0 Å². The van der Waals surface area contributed by atoms with Crippen molar-refractivity contribution in [2.24, 2.45) is 7.05 Å². The summed E-state index contributed by atoms with van der Waals surface area (Å²) < 4.78 is 8.65. The zero-order valence-corrected chi connectivity index (χ0v) is 15.2. The van der Waals surface area contributed by atoms with Crippen LogP contribution in [0.4, 0.5) is 0 Å². The molecule has 2 aromatic rings. The van der Waals surface area contributed by atoms with Crippen LogP contribution in [-0.4, -0.2) is 9.78 Å². The molecule has 0 bridgehead atoms. The predicted molar refractivity (Wildman–Crippen MR) is 88.7 cm³/mol. The highest BCUT2D eigenvalue weighted by molar-refractivity contribution is 9.10. The Kier molecular flexibility index (Phi) is 5.52. The summed E-state index contributed by atoms with van der Waals surface area (Å²) in [4.78, 5) is 0. The number of ether oxygens (including phenoxy) is 1. The lowest BCUT2D eigenvalue weighted by molar-refractivity contribution is 0.294. The summed E-state index contributed by atoms with van der Waals surface area (Å²) in [5.74, 6) is 0.683. The molecule has 0 saturated carbocycles. The van der Waals surface area contributed by atoms with Crippen LogP contribution in [0.15, 0.2) is 22.7 Å². The molecule has 0 atom stereocenters. The molecular formula is C14H15Br2ClN2O. The van der Waals surface area contributed by atoms with E-state index in [1.807, 2.05) is 29.9 Å². The number of benzene rings is 1. The number of hydrogen-bond acceptors (Lipinski definition) is 2. The zero-order valence-electron chi connectivity index (χ0n) is 11.3. The first-order valence-corrected chi connectivity index (χ1v) is 8.53. The Balaban J connectivity index is 2.15. The lowest BCUT2D eigenvalue weighted by Gasteiger charge is -2.09. The predicted octanol–water partition coefficient (Wildman–Crippen LogP) is 4.87. The van der Waals surface area contributed by atoms with Gasteiger partial charge in [0.05, 0.1) is 20.9 Å². The lowest BCUT2D eigenvalue weighted by Crippen LogP contribution is -2.04. The largest absolute Gasteiger partial charge is 0.486 e. The minimum Gasteiger partial charge on any atom is -0.486 e. The molecular weight excluding hydrogens is 407 g/mol. The van der Waals surface area contributed by atoms with Gasteiger partial charge in [0.1, 0.15) is 12.4 Å². The first-order valence-electron chi connectivity index (χ1n) is 6.24. The van der Waals surface area contributed by atoms with Gasteiger partial charge in [-0.2, -0.15) is 5.10 Å². The third-order valence-electron chi connectivity index (χ3n) is 3.02. The SMILES string of the molecule is CCc1nn(C)c(COc2ccc(CBr)cc2Cl)c1Br. The maximum absolute atomic E-state index is 6.21. The summed E-state index contributed by atoms with van der Waals surface area (Å²) >= 11 is 13.2. The molecule has 0 saturated heterocycles. The van der Waals surface area contributed by atoms with E-state index in [4.69, 9.17) is 16.3 Å². The summed E-state index contributed by atoms with van der Waals surface area (Å²) in [6.45, 7) is 2.51. The normalized spacial score (nSPS) is 10.8. The molecule has 2 rings (SSSR count). The second-order valence-corrected chi connectivity index (χ2v) is 6.13. The highest BCUT2D eigenvalue weighted by Crippen LogP contribution is 2.28. The van der Waals surface area contributed by atoms with Gasteiger partial charge in [-0.25, -0.2) is 0 Å². The zero-order chi connectivity index (χ0) is 14.7. The van der Waals surface area contributed by atoms with Crippen molar-refractivity contribution in [2.45, 2.75) is 25.3 Å². The van der Waals surface area contributed by atoms with E-state index in [0.717, 1.165) is 33.2 Å². The summed E-state index contributed by atoms with van der Waals surface area (Å²) in [5, 5.41) is 5.84. The quantitative estimate of drug-likeness (QED) is 0.643. The van der Waals surface area contributed by atoms with Gasteiger partial charge < -0.3 is 4.74 Å². The van der Waals surface area contributed by atoms with Gasteiger partial charge in [0.15, 0.2) is 0 Å². The Morgan fingerprint density at radius 3 is 2.70 bits per heavy atom. The first kappa shape index (κ1) is 15.9. The lowest BCUT2D eigenvalue weighted by atomic mass is 10.2. The standard InChI is InChI=1S/C14H15Br2ClN2O/c1-3-11-14(16)12(19(2)18-11)8-20-13-5-4-9(7-15)6-10(13)17/h4-6H,3,7-8H2,1-2H3. The fourth-order valence-electron chi connectivity index (χ4n) is 1.87. The Bertz CT molecular complexity index is 613. The smallest absolute Gasteiger partial charge is 0.138 e. The molecule has 1 heterocycles. The highest BCUT2D eigenvalue weighted by Gasteiger charge is 2.13. The van der Waals surface area contributed by atoms with E-state index < -0.39 is 0 Å². The van der Waals surface area contributed by atoms with Crippen LogP contribution in [0.5, 0.6) is 5.75 Å². The Morgan fingerprint density at radius 2 is 2.15 bits per heavy atom. The van der Waals surface area contributed by atoms with Gasteiger partial charge in [-0.05, 0) is 40.0 Å². The van der Waals surface area contributed by atoms with Crippen LogP contribution in [0.3, 0.4) is 0 Å². The molecule has 0 N–H and O–H groups in total. The Morgan fingerprint density at radius 1 is 1.40 bits per heavy atom. The molecule has 1 aromatic heterocycles. The van der Waals surface area contributed by atoms with Gasteiger partial charge >= 0.3 is 0 Å². The van der Waals surface area contributed by atoms with Crippen molar-refractivity contribution in [3.63, 3.8) is 0 Å². The maximum Gasteiger partial charge on any atom is 0.138 e. The Labute approximate surface area is 140 Å². The topological polar surface area (TPSA) is 27.1 Å². The third-order valence-corrected chi connectivity index (χ3v) is 4.88. The second-order valence-electron chi connectivity index (χ2n) is 4.37. The highest BCUT2D eigenvalue weighted by atomic mass is 79.9. The fraction of sp³-hybridized carbons (Fsp3) is 0.357. The number of alkyl halides is 1. The Hall–Kier alpha value is -0.520. The summed E-state index contributed by atoms with van der Waals surface area (Å²) in [5.41, 5.74) is 3.16. The molecule has 3 nitrogen and oxygen atoms in total. The summed E-state index contributed by atoms with van der Waals surface area (Å²) in [7, 11) is 1.91. The average molecular weight is 423 g/mol. The molecule has 0 aliphatic rings. The van der Waals surface area contributed by atoms with Crippen molar-refractivity contribution in [1.29, 1.82) is 0 Å². The molecule has 0 aliphatic heterocycles. The first-order chi connectivity index (χ1) is 9.56. The second kappa shape index (κ2) is 6.96. The van der Waals surface area contributed by atoms with E-state index in [1.165, 1.54) is 0 Å². The van der Waals surface area contributed by atoms with Crippen LogP contribution < -0.4 is 4.74 Å².